The first-order chi connectivity index (χ1) is 8.91. The second-order valence-corrected chi connectivity index (χ2v) is 5.61. The first-order valence-electron chi connectivity index (χ1n) is 6.47. The Hall–Kier alpha value is -0.740. The normalized spacial score (nSPS) is 19.4. The fraction of sp³-hybridized carbons (Fsp3) is 0.571. The highest BCUT2D eigenvalue weighted by Crippen LogP contribution is 2.47. The van der Waals surface area contributed by atoms with Crippen molar-refractivity contribution in [3.63, 3.8) is 0 Å². The van der Waals surface area contributed by atoms with E-state index in [1.807, 2.05) is 0 Å². The largest absolute Gasteiger partial charge is 0.416 e. The predicted molar refractivity (Wildman–Crippen MR) is 70.3 cm³/mol. The molecule has 1 aromatic carbocycles. The molecule has 1 nitrogen and oxygen atoms in total. The molecular formula is C14H17ClF3N. The van der Waals surface area contributed by atoms with Gasteiger partial charge in [-0.25, -0.2) is 0 Å². The molecule has 0 aromatic heterocycles. The van der Waals surface area contributed by atoms with Gasteiger partial charge in [-0.1, -0.05) is 36.9 Å². The Kier molecular flexibility index (Phi) is 4.11. The molecule has 1 fully saturated rings. The van der Waals surface area contributed by atoms with E-state index in [1.165, 1.54) is 12.1 Å². The molecule has 0 aliphatic heterocycles. The van der Waals surface area contributed by atoms with Crippen molar-refractivity contribution in [2.24, 2.45) is 5.73 Å². The summed E-state index contributed by atoms with van der Waals surface area (Å²) in [4.78, 5) is 0. The van der Waals surface area contributed by atoms with Gasteiger partial charge in [-0.05, 0) is 30.5 Å². The molecule has 1 aliphatic rings. The van der Waals surface area contributed by atoms with Crippen molar-refractivity contribution in [1.29, 1.82) is 0 Å². The summed E-state index contributed by atoms with van der Waals surface area (Å²) >= 11 is 6.08. The van der Waals surface area contributed by atoms with Crippen LogP contribution in [0.15, 0.2) is 18.2 Å². The van der Waals surface area contributed by atoms with Gasteiger partial charge in [0.25, 0.3) is 0 Å². The second kappa shape index (κ2) is 5.33. The minimum atomic E-state index is -4.39. The molecule has 0 atom stereocenters. The van der Waals surface area contributed by atoms with Crippen LogP contribution in [0.2, 0.25) is 5.02 Å². The molecule has 2 N–H and O–H groups in total. The van der Waals surface area contributed by atoms with Crippen molar-refractivity contribution in [3.05, 3.63) is 34.3 Å². The highest BCUT2D eigenvalue weighted by molar-refractivity contribution is 6.31. The smallest absolute Gasteiger partial charge is 0.330 e. The van der Waals surface area contributed by atoms with E-state index >= 15 is 0 Å². The molecule has 0 bridgehead atoms. The number of rotatable bonds is 2. The summed E-state index contributed by atoms with van der Waals surface area (Å²) in [6.45, 7) is 0.208. The Morgan fingerprint density at radius 3 is 2.32 bits per heavy atom. The van der Waals surface area contributed by atoms with E-state index in [2.05, 4.69) is 0 Å². The minimum absolute atomic E-state index is 0.183. The lowest BCUT2D eigenvalue weighted by molar-refractivity contribution is -0.138. The van der Waals surface area contributed by atoms with E-state index in [0.29, 0.717) is 12.8 Å². The average molecular weight is 292 g/mol. The fourth-order valence-electron chi connectivity index (χ4n) is 3.08. The quantitative estimate of drug-likeness (QED) is 0.852. The van der Waals surface area contributed by atoms with Crippen molar-refractivity contribution in [2.75, 3.05) is 6.54 Å². The van der Waals surface area contributed by atoms with Crippen molar-refractivity contribution in [2.45, 2.75) is 43.7 Å². The lowest BCUT2D eigenvalue weighted by Gasteiger charge is -2.39. The molecule has 0 spiro atoms. The Labute approximate surface area is 115 Å². The Morgan fingerprint density at radius 1 is 1.16 bits per heavy atom. The number of hydrogen-bond donors (Lipinski definition) is 1. The van der Waals surface area contributed by atoms with Crippen LogP contribution in [0.1, 0.15) is 43.2 Å². The van der Waals surface area contributed by atoms with Crippen LogP contribution in [0.25, 0.3) is 0 Å². The zero-order valence-electron chi connectivity index (χ0n) is 10.6. The van der Waals surface area contributed by atoms with Crippen LogP contribution in [0.3, 0.4) is 0 Å². The van der Waals surface area contributed by atoms with Gasteiger partial charge in [0, 0.05) is 17.0 Å². The van der Waals surface area contributed by atoms with Gasteiger partial charge < -0.3 is 5.73 Å². The third-order valence-electron chi connectivity index (χ3n) is 4.05. The van der Waals surface area contributed by atoms with E-state index in [-0.39, 0.29) is 17.1 Å². The molecule has 1 aromatic rings. The van der Waals surface area contributed by atoms with Crippen LogP contribution in [0.5, 0.6) is 0 Å². The van der Waals surface area contributed by atoms with Gasteiger partial charge >= 0.3 is 6.18 Å². The summed E-state index contributed by atoms with van der Waals surface area (Å²) in [6, 6.07) is 3.98. The van der Waals surface area contributed by atoms with E-state index in [4.69, 9.17) is 17.3 Å². The van der Waals surface area contributed by atoms with Crippen LogP contribution >= 0.6 is 11.6 Å². The maximum absolute atomic E-state index is 13.2. The molecule has 1 aliphatic carbocycles. The fourth-order valence-corrected chi connectivity index (χ4v) is 3.46. The molecular weight excluding hydrogens is 275 g/mol. The Balaban J connectivity index is 2.59. The van der Waals surface area contributed by atoms with Crippen molar-refractivity contribution in [3.8, 4) is 0 Å². The third-order valence-corrected chi connectivity index (χ3v) is 4.37. The topological polar surface area (TPSA) is 26.0 Å². The Bertz CT molecular complexity index is 450. The van der Waals surface area contributed by atoms with E-state index in [9.17, 15) is 13.2 Å². The summed E-state index contributed by atoms with van der Waals surface area (Å²) in [5.41, 5.74) is 4.77. The van der Waals surface area contributed by atoms with Crippen molar-refractivity contribution in [1.82, 2.24) is 0 Å². The van der Waals surface area contributed by atoms with Gasteiger partial charge in [0.15, 0.2) is 0 Å². The number of alkyl halides is 3. The number of halogens is 4. The van der Waals surface area contributed by atoms with Gasteiger partial charge in [-0.15, -0.1) is 0 Å². The van der Waals surface area contributed by atoms with Crippen molar-refractivity contribution < 1.29 is 13.2 Å². The van der Waals surface area contributed by atoms with Crippen LogP contribution in [-0.4, -0.2) is 6.54 Å². The number of hydrogen-bond acceptors (Lipinski definition) is 1. The molecule has 106 valence electrons. The molecule has 1 saturated carbocycles. The Morgan fingerprint density at radius 2 is 1.79 bits per heavy atom. The van der Waals surface area contributed by atoms with E-state index in [0.717, 1.165) is 25.3 Å². The van der Waals surface area contributed by atoms with Gasteiger partial charge in [-0.3, -0.25) is 0 Å². The molecule has 0 unspecified atom stereocenters. The highest BCUT2D eigenvalue weighted by Gasteiger charge is 2.42. The SMILES string of the molecule is NCC1(c2c(Cl)cccc2C(F)(F)F)CCCCC1. The predicted octanol–water partition coefficient (Wildman–Crippen LogP) is 4.52. The molecule has 5 heteroatoms. The average Bonchev–Trinajstić information content (AvgIpc) is 2.38. The van der Waals surface area contributed by atoms with Crippen LogP contribution < -0.4 is 5.73 Å². The summed E-state index contributed by atoms with van der Waals surface area (Å²) in [5, 5.41) is 0.183. The highest BCUT2D eigenvalue weighted by atomic mass is 35.5. The first-order valence-corrected chi connectivity index (χ1v) is 6.85. The van der Waals surface area contributed by atoms with E-state index < -0.39 is 17.2 Å². The van der Waals surface area contributed by atoms with Crippen molar-refractivity contribution >= 4 is 11.6 Å². The van der Waals surface area contributed by atoms with Gasteiger partial charge in [0.1, 0.15) is 0 Å². The third kappa shape index (κ3) is 2.75. The minimum Gasteiger partial charge on any atom is -0.330 e. The molecule has 0 saturated heterocycles. The lowest BCUT2D eigenvalue weighted by Crippen LogP contribution is -2.39. The zero-order valence-corrected chi connectivity index (χ0v) is 11.3. The zero-order chi connectivity index (χ0) is 14.1. The molecule has 2 rings (SSSR count). The molecule has 0 amide bonds. The monoisotopic (exact) mass is 291 g/mol. The van der Waals surface area contributed by atoms with Gasteiger partial charge in [0.05, 0.1) is 5.56 Å². The van der Waals surface area contributed by atoms with Gasteiger partial charge in [0.2, 0.25) is 0 Å². The van der Waals surface area contributed by atoms with Gasteiger partial charge in [-0.2, -0.15) is 13.2 Å². The van der Waals surface area contributed by atoms with Crippen LogP contribution in [0, 0.1) is 0 Å². The standard InChI is InChI=1S/C14H17ClF3N/c15-11-6-4-5-10(14(16,17)18)12(11)13(9-19)7-2-1-3-8-13/h4-6H,1-3,7-9,19H2. The molecule has 19 heavy (non-hydrogen) atoms. The van der Waals surface area contributed by atoms with Crippen LogP contribution in [0.4, 0.5) is 13.2 Å². The first kappa shape index (κ1) is 14.7. The number of benzene rings is 1. The second-order valence-electron chi connectivity index (χ2n) is 5.21. The molecule has 0 radical (unpaired) electrons. The van der Waals surface area contributed by atoms with E-state index in [1.54, 1.807) is 0 Å². The molecule has 0 heterocycles. The summed E-state index contributed by atoms with van der Waals surface area (Å²) < 4.78 is 39.6. The van der Waals surface area contributed by atoms with Crippen LogP contribution in [-0.2, 0) is 11.6 Å². The lowest BCUT2D eigenvalue weighted by atomic mass is 9.68. The number of nitrogens with two attached hydrogens (primary N) is 1. The summed E-state index contributed by atoms with van der Waals surface area (Å²) in [5.74, 6) is 0. The maximum atomic E-state index is 13.2. The summed E-state index contributed by atoms with van der Waals surface area (Å²) in [7, 11) is 0. The summed E-state index contributed by atoms with van der Waals surface area (Å²) in [6.07, 6.45) is -0.181. The maximum Gasteiger partial charge on any atom is 0.416 e.